The highest BCUT2D eigenvalue weighted by atomic mass is 19.4. The van der Waals surface area contributed by atoms with Crippen molar-refractivity contribution in [2.75, 3.05) is 33.2 Å². The first kappa shape index (κ1) is 32.3. The molecule has 2 aliphatic heterocycles. The minimum Gasteiger partial charge on any atom is -0.343 e. The lowest BCUT2D eigenvalue weighted by molar-refractivity contribution is -0.143. The first-order valence-corrected chi connectivity index (χ1v) is 14.3. The van der Waals surface area contributed by atoms with Gasteiger partial charge in [0.15, 0.2) is 0 Å². The van der Waals surface area contributed by atoms with Crippen molar-refractivity contribution in [3.63, 3.8) is 0 Å². The monoisotopic (exact) mass is 611 g/mol. The average Bonchev–Trinajstić information content (AvgIpc) is 3.19. The summed E-state index contributed by atoms with van der Waals surface area (Å²) in [7, 11) is 1.37. The van der Waals surface area contributed by atoms with E-state index in [1.165, 1.54) is 18.9 Å². The van der Waals surface area contributed by atoms with E-state index in [1.807, 2.05) is 30.3 Å². The van der Waals surface area contributed by atoms with E-state index in [0.717, 1.165) is 5.56 Å². The molecule has 2 fully saturated rings. The molecule has 2 saturated heterocycles. The molecule has 0 radical (unpaired) electrons. The second-order valence-corrected chi connectivity index (χ2v) is 11.4. The molecule has 0 spiro atoms. The molecule has 43 heavy (non-hydrogen) atoms. The summed E-state index contributed by atoms with van der Waals surface area (Å²) in [5.41, 5.74) is -2.27. The van der Waals surface area contributed by atoms with Crippen molar-refractivity contribution >= 4 is 17.7 Å². The third-order valence-corrected chi connectivity index (χ3v) is 8.50. The molecule has 2 aromatic carbocycles. The lowest BCUT2D eigenvalue weighted by atomic mass is 9.81. The van der Waals surface area contributed by atoms with Crippen LogP contribution in [0.2, 0.25) is 0 Å². The van der Waals surface area contributed by atoms with E-state index in [2.05, 4.69) is 0 Å². The Bertz CT molecular complexity index is 1270. The zero-order valence-corrected chi connectivity index (χ0v) is 24.0. The number of benzene rings is 2. The molecule has 6 nitrogen and oxygen atoms in total. The van der Waals surface area contributed by atoms with Crippen molar-refractivity contribution in [3.05, 3.63) is 70.8 Å². The Kier molecular flexibility index (Phi) is 9.76. The Morgan fingerprint density at radius 2 is 1.33 bits per heavy atom. The standard InChI is InChI=1S/C31H35F6N3O3/c1-20(41)39-12-8-23(9-13-39)28(42)40-14-10-26(22-6-4-3-5-7-22)27(11-15-40)29(43)38(2)19-21-16-24(30(32,33)34)18-25(17-21)31(35,36)37/h3-7,16-18,23,26-27H,8-15,19H2,1-2H3/t26-,27-/m0/s1. The first-order valence-electron chi connectivity index (χ1n) is 14.3. The largest absolute Gasteiger partial charge is 0.416 e. The van der Waals surface area contributed by atoms with Crippen LogP contribution in [0.15, 0.2) is 48.5 Å². The van der Waals surface area contributed by atoms with Gasteiger partial charge in [-0.2, -0.15) is 26.3 Å². The number of carbonyl (C=O) groups excluding carboxylic acids is 3. The number of carbonyl (C=O) groups is 3. The van der Waals surface area contributed by atoms with Crippen molar-refractivity contribution < 1.29 is 40.7 Å². The normalized spacial score (nSPS) is 20.5. The minimum absolute atomic E-state index is 0.0277. The summed E-state index contributed by atoms with van der Waals surface area (Å²) in [5.74, 6) is -1.65. The minimum atomic E-state index is -4.99. The zero-order chi connectivity index (χ0) is 31.5. The van der Waals surface area contributed by atoms with Gasteiger partial charge in [0.2, 0.25) is 17.7 Å². The Morgan fingerprint density at radius 1 is 0.791 bits per heavy atom. The summed E-state index contributed by atoms with van der Waals surface area (Å²) in [6.45, 7) is 2.76. The quantitative estimate of drug-likeness (QED) is 0.392. The number of piperidine rings is 1. The molecule has 3 amide bonds. The molecule has 234 valence electrons. The topological polar surface area (TPSA) is 60.9 Å². The molecule has 0 saturated carbocycles. The highest BCUT2D eigenvalue weighted by Crippen LogP contribution is 2.38. The van der Waals surface area contributed by atoms with Crippen molar-refractivity contribution in [1.29, 1.82) is 0 Å². The maximum Gasteiger partial charge on any atom is 0.416 e. The summed E-state index contributed by atoms with van der Waals surface area (Å²) < 4.78 is 80.4. The summed E-state index contributed by atoms with van der Waals surface area (Å²) in [4.78, 5) is 43.6. The summed E-state index contributed by atoms with van der Waals surface area (Å²) in [6, 6.07) is 10.6. The van der Waals surface area contributed by atoms with Gasteiger partial charge in [-0.25, -0.2) is 0 Å². The predicted molar refractivity (Wildman–Crippen MR) is 146 cm³/mol. The van der Waals surface area contributed by atoms with Crippen LogP contribution in [0.1, 0.15) is 60.8 Å². The second-order valence-electron chi connectivity index (χ2n) is 11.4. The molecule has 4 rings (SSSR count). The fourth-order valence-corrected chi connectivity index (χ4v) is 6.16. The Labute approximate surface area is 246 Å². The fraction of sp³-hybridized carbons (Fsp3) is 0.516. The third-order valence-electron chi connectivity index (χ3n) is 8.50. The molecule has 0 bridgehead atoms. The van der Waals surface area contributed by atoms with Crippen molar-refractivity contribution in [3.8, 4) is 0 Å². The zero-order valence-electron chi connectivity index (χ0n) is 24.0. The molecule has 0 N–H and O–H groups in total. The molecule has 2 aromatic rings. The summed E-state index contributed by atoms with van der Waals surface area (Å²) >= 11 is 0. The van der Waals surface area contributed by atoms with Gasteiger partial charge in [-0.15, -0.1) is 0 Å². The summed E-state index contributed by atoms with van der Waals surface area (Å²) in [5, 5.41) is 0. The van der Waals surface area contributed by atoms with Crippen molar-refractivity contribution in [2.45, 2.75) is 57.4 Å². The van der Waals surface area contributed by atoms with Crippen LogP contribution in [-0.2, 0) is 33.3 Å². The third kappa shape index (κ3) is 7.88. The van der Waals surface area contributed by atoms with E-state index in [-0.39, 0.29) is 41.7 Å². The van der Waals surface area contributed by atoms with Gasteiger partial charge in [0.25, 0.3) is 0 Å². The van der Waals surface area contributed by atoms with Gasteiger partial charge >= 0.3 is 12.4 Å². The van der Waals surface area contributed by atoms with Crippen LogP contribution in [0.25, 0.3) is 0 Å². The lowest BCUT2D eigenvalue weighted by Gasteiger charge is -2.33. The van der Waals surface area contributed by atoms with Gasteiger partial charge in [0, 0.05) is 58.5 Å². The molecular formula is C31H35F6N3O3. The molecule has 0 unspecified atom stereocenters. The van der Waals surface area contributed by atoms with Crippen LogP contribution < -0.4 is 0 Å². The first-order chi connectivity index (χ1) is 20.1. The number of amides is 3. The van der Waals surface area contributed by atoms with Crippen LogP contribution in [0.3, 0.4) is 0 Å². The van der Waals surface area contributed by atoms with E-state index < -0.39 is 41.8 Å². The van der Waals surface area contributed by atoms with E-state index in [9.17, 15) is 40.7 Å². The predicted octanol–water partition coefficient (Wildman–Crippen LogP) is 5.96. The molecule has 2 aliphatic rings. The Morgan fingerprint density at radius 3 is 1.86 bits per heavy atom. The number of nitrogens with zero attached hydrogens (tertiary/aromatic N) is 3. The number of hydrogen-bond acceptors (Lipinski definition) is 3. The highest BCUT2D eigenvalue weighted by Gasteiger charge is 2.39. The van der Waals surface area contributed by atoms with Gasteiger partial charge in [0.05, 0.1) is 11.1 Å². The van der Waals surface area contributed by atoms with E-state index in [0.29, 0.717) is 57.6 Å². The number of hydrogen-bond donors (Lipinski definition) is 0. The van der Waals surface area contributed by atoms with Gasteiger partial charge in [0.1, 0.15) is 0 Å². The van der Waals surface area contributed by atoms with Gasteiger partial charge in [-0.3, -0.25) is 14.4 Å². The van der Waals surface area contributed by atoms with Gasteiger partial charge in [-0.05, 0) is 60.9 Å². The average molecular weight is 612 g/mol. The van der Waals surface area contributed by atoms with E-state index in [4.69, 9.17) is 0 Å². The SMILES string of the molecule is CC(=O)N1CCC(C(=O)N2CC[C@H](C(=O)N(C)Cc3cc(C(F)(F)F)cc(C(F)(F)F)c3)[C@H](c3ccccc3)CC2)CC1. The van der Waals surface area contributed by atoms with Crippen molar-refractivity contribution in [1.82, 2.24) is 14.7 Å². The van der Waals surface area contributed by atoms with Crippen LogP contribution in [0.4, 0.5) is 26.3 Å². The van der Waals surface area contributed by atoms with Gasteiger partial charge in [-0.1, -0.05) is 30.3 Å². The van der Waals surface area contributed by atoms with E-state index in [1.54, 1.807) is 9.80 Å². The van der Waals surface area contributed by atoms with Crippen molar-refractivity contribution in [2.24, 2.45) is 11.8 Å². The maximum absolute atomic E-state index is 13.8. The number of halogens is 6. The number of likely N-dealkylation sites (tertiary alicyclic amines) is 2. The smallest absolute Gasteiger partial charge is 0.343 e. The van der Waals surface area contributed by atoms with E-state index >= 15 is 0 Å². The van der Waals surface area contributed by atoms with Gasteiger partial charge < -0.3 is 14.7 Å². The number of rotatable bonds is 5. The highest BCUT2D eigenvalue weighted by molar-refractivity contribution is 5.81. The molecule has 12 heteroatoms. The van der Waals surface area contributed by atoms with Crippen LogP contribution in [0, 0.1) is 11.8 Å². The Hall–Kier alpha value is -3.57. The van der Waals surface area contributed by atoms with Crippen LogP contribution in [-0.4, -0.2) is 65.6 Å². The lowest BCUT2D eigenvalue weighted by Crippen LogP contribution is -2.44. The summed E-state index contributed by atoms with van der Waals surface area (Å²) in [6.07, 6.45) is -8.11. The molecule has 0 aliphatic carbocycles. The fourth-order valence-electron chi connectivity index (χ4n) is 6.16. The van der Waals surface area contributed by atoms with Crippen LogP contribution >= 0.6 is 0 Å². The molecule has 2 heterocycles. The number of alkyl halides is 6. The molecule has 0 aromatic heterocycles. The molecule has 2 atom stereocenters. The Balaban J connectivity index is 1.54. The second kappa shape index (κ2) is 13.0. The van der Waals surface area contributed by atoms with Crippen LogP contribution in [0.5, 0.6) is 0 Å². The molecular weight excluding hydrogens is 576 g/mol. The maximum atomic E-state index is 13.8.